The van der Waals surface area contributed by atoms with Gasteiger partial charge in [-0.1, -0.05) is 12.1 Å². The van der Waals surface area contributed by atoms with Crippen molar-refractivity contribution in [3.8, 4) is 0 Å². The summed E-state index contributed by atoms with van der Waals surface area (Å²) in [6, 6.07) is 6.88. The number of benzene rings is 1. The van der Waals surface area contributed by atoms with Crippen LogP contribution >= 0.6 is 0 Å². The maximum atomic E-state index is 12.9. The van der Waals surface area contributed by atoms with Crippen LogP contribution in [0.4, 0.5) is 4.39 Å². The molecule has 1 aromatic rings. The van der Waals surface area contributed by atoms with Crippen molar-refractivity contribution in [2.75, 3.05) is 13.1 Å². The van der Waals surface area contributed by atoms with Crippen LogP contribution in [0, 0.1) is 11.7 Å². The van der Waals surface area contributed by atoms with E-state index in [1.165, 1.54) is 12.1 Å². The molecule has 1 atom stereocenters. The van der Waals surface area contributed by atoms with E-state index < -0.39 is 5.97 Å². The first-order chi connectivity index (χ1) is 9.06. The maximum absolute atomic E-state index is 12.9. The minimum absolute atomic E-state index is 0.212. The molecule has 0 radical (unpaired) electrons. The third-order valence-corrected chi connectivity index (χ3v) is 4.01. The topological polar surface area (TPSA) is 40.5 Å². The van der Waals surface area contributed by atoms with Crippen LogP contribution in [0.25, 0.3) is 0 Å². The Morgan fingerprint density at radius 1 is 1.37 bits per heavy atom. The van der Waals surface area contributed by atoms with Gasteiger partial charge in [-0.2, -0.15) is 0 Å². The van der Waals surface area contributed by atoms with Gasteiger partial charge in [0, 0.05) is 12.5 Å². The number of carboxylic acids is 1. The molecule has 0 amide bonds. The van der Waals surface area contributed by atoms with Gasteiger partial charge in [-0.3, -0.25) is 9.69 Å². The number of carbonyl (C=O) groups is 1. The summed E-state index contributed by atoms with van der Waals surface area (Å²) in [4.78, 5) is 13.0. The van der Waals surface area contributed by atoms with Crippen LogP contribution in [0.1, 0.15) is 37.8 Å². The zero-order chi connectivity index (χ0) is 13.8. The number of nitrogens with zero attached hydrogens (tertiary/aromatic N) is 1. The molecule has 0 aliphatic carbocycles. The first kappa shape index (κ1) is 14.0. The maximum Gasteiger partial charge on any atom is 0.303 e. The van der Waals surface area contributed by atoms with Crippen LogP contribution in [0.5, 0.6) is 0 Å². The smallest absolute Gasteiger partial charge is 0.303 e. The van der Waals surface area contributed by atoms with Gasteiger partial charge >= 0.3 is 5.97 Å². The van der Waals surface area contributed by atoms with Crippen LogP contribution in [0.3, 0.4) is 0 Å². The molecule has 104 valence electrons. The molecule has 1 saturated heterocycles. The van der Waals surface area contributed by atoms with Gasteiger partial charge in [-0.25, -0.2) is 4.39 Å². The van der Waals surface area contributed by atoms with Crippen LogP contribution in [-0.4, -0.2) is 29.1 Å². The van der Waals surface area contributed by atoms with Crippen LogP contribution < -0.4 is 0 Å². The predicted molar refractivity (Wildman–Crippen MR) is 71.4 cm³/mol. The van der Waals surface area contributed by atoms with E-state index >= 15 is 0 Å². The molecule has 19 heavy (non-hydrogen) atoms. The van der Waals surface area contributed by atoms with E-state index in [1.54, 1.807) is 0 Å². The molecule has 1 aliphatic rings. The van der Waals surface area contributed by atoms with E-state index in [0.717, 1.165) is 31.5 Å². The highest BCUT2D eigenvalue weighted by molar-refractivity contribution is 5.67. The minimum Gasteiger partial charge on any atom is -0.481 e. The quantitative estimate of drug-likeness (QED) is 0.909. The van der Waals surface area contributed by atoms with Gasteiger partial charge in [0.1, 0.15) is 5.82 Å². The molecule has 0 bridgehead atoms. The van der Waals surface area contributed by atoms with Gasteiger partial charge in [0.2, 0.25) is 0 Å². The van der Waals surface area contributed by atoms with Crippen molar-refractivity contribution in [2.24, 2.45) is 5.92 Å². The molecule has 1 N–H and O–H groups in total. The highest BCUT2D eigenvalue weighted by Crippen LogP contribution is 2.27. The second-order valence-corrected chi connectivity index (χ2v) is 5.30. The molecule has 0 spiro atoms. The second-order valence-electron chi connectivity index (χ2n) is 5.30. The SMILES string of the molecule is CC(c1ccc(F)cc1)N1CCC(CC(=O)O)CC1. The third-order valence-electron chi connectivity index (χ3n) is 4.01. The summed E-state index contributed by atoms with van der Waals surface area (Å²) in [6.07, 6.45) is 2.13. The largest absolute Gasteiger partial charge is 0.481 e. The fourth-order valence-corrected chi connectivity index (χ4v) is 2.74. The standard InChI is InChI=1S/C15H20FNO2/c1-11(13-2-4-14(16)5-3-13)17-8-6-12(7-9-17)10-15(18)19/h2-5,11-12H,6-10H2,1H3,(H,18,19). The monoisotopic (exact) mass is 265 g/mol. The van der Waals surface area contributed by atoms with Crippen molar-refractivity contribution in [1.29, 1.82) is 0 Å². The summed E-state index contributed by atoms with van der Waals surface area (Å²) in [6.45, 7) is 3.94. The minimum atomic E-state index is -0.704. The van der Waals surface area contributed by atoms with Crippen LogP contribution in [0.2, 0.25) is 0 Å². The number of carboxylic acid groups (broad SMARTS) is 1. The van der Waals surface area contributed by atoms with Crippen molar-refractivity contribution < 1.29 is 14.3 Å². The second kappa shape index (κ2) is 6.15. The number of likely N-dealkylation sites (tertiary alicyclic amines) is 1. The highest BCUT2D eigenvalue weighted by atomic mass is 19.1. The summed E-state index contributed by atoms with van der Waals surface area (Å²) in [7, 11) is 0. The lowest BCUT2D eigenvalue weighted by Crippen LogP contribution is -2.36. The van der Waals surface area contributed by atoms with Crippen molar-refractivity contribution in [1.82, 2.24) is 4.90 Å². The van der Waals surface area contributed by atoms with Crippen molar-refractivity contribution in [3.63, 3.8) is 0 Å². The summed E-state index contributed by atoms with van der Waals surface area (Å²) in [5.41, 5.74) is 1.11. The van der Waals surface area contributed by atoms with Gasteiger partial charge in [-0.15, -0.1) is 0 Å². The summed E-state index contributed by atoms with van der Waals surface area (Å²) in [5.74, 6) is -0.615. The highest BCUT2D eigenvalue weighted by Gasteiger charge is 2.24. The van der Waals surface area contributed by atoms with E-state index in [4.69, 9.17) is 5.11 Å². The molecule has 1 unspecified atom stereocenters. The van der Waals surface area contributed by atoms with E-state index in [0.29, 0.717) is 5.92 Å². The number of piperidine rings is 1. The van der Waals surface area contributed by atoms with E-state index in [-0.39, 0.29) is 18.3 Å². The molecular weight excluding hydrogens is 245 g/mol. The molecule has 0 aromatic heterocycles. The Balaban J connectivity index is 1.90. The molecule has 2 rings (SSSR count). The Morgan fingerprint density at radius 3 is 2.47 bits per heavy atom. The van der Waals surface area contributed by atoms with Crippen LogP contribution in [-0.2, 0) is 4.79 Å². The average Bonchev–Trinajstić information content (AvgIpc) is 2.39. The average molecular weight is 265 g/mol. The Bertz CT molecular complexity index is 424. The molecule has 4 heteroatoms. The Morgan fingerprint density at radius 2 is 1.95 bits per heavy atom. The fraction of sp³-hybridized carbons (Fsp3) is 0.533. The summed E-state index contributed by atoms with van der Waals surface area (Å²) < 4.78 is 12.9. The molecule has 1 heterocycles. The zero-order valence-electron chi connectivity index (χ0n) is 11.2. The predicted octanol–water partition coefficient (Wildman–Crippen LogP) is 3.07. The van der Waals surface area contributed by atoms with Gasteiger partial charge in [0.05, 0.1) is 0 Å². The zero-order valence-corrected chi connectivity index (χ0v) is 11.2. The number of aliphatic carboxylic acids is 1. The Labute approximate surface area is 113 Å². The van der Waals surface area contributed by atoms with Gasteiger partial charge in [0.25, 0.3) is 0 Å². The summed E-state index contributed by atoms with van der Waals surface area (Å²) in [5, 5.41) is 8.80. The molecule has 1 aromatic carbocycles. The lowest BCUT2D eigenvalue weighted by atomic mass is 9.92. The van der Waals surface area contributed by atoms with E-state index in [1.807, 2.05) is 12.1 Å². The number of rotatable bonds is 4. The van der Waals surface area contributed by atoms with Crippen LogP contribution in [0.15, 0.2) is 24.3 Å². The molecule has 3 nitrogen and oxygen atoms in total. The number of halogens is 1. The lowest BCUT2D eigenvalue weighted by Gasteiger charge is -2.35. The van der Waals surface area contributed by atoms with Crippen molar-refractivity contribution in [2.45, 2.75) is 32.2 Å². The van der Waals surface area contributed by atoms with Crippen molar-refractivity contribution >= 4 is 5.97 Å². The first-order valence-electron chi connectivity index (χ1n) is 6.77. The van der Waals surface area contributed by atoms with Gasteiger partial charge in [-0.05, 0) is 56.5 Å². The van der Waals surface area contributed by atoms with Crippen molar-refractivity contribution in [3.05, 3.63) is 35.6 Å². The molecular formula is C15H20FNO2. The molecule has 0 saturated carbocycles. The first-order valence-corrected chi connectivity index (χ1v) is 6.77. The fourth-order valence-electron chi connectivity index (χ4n) is 2.74. The number of hydrogen-bond donors (Lipinski definition) is 1. The molecule has 1 aliphatic heterocycles. The third kappa shape index (κ3) is 3.77. The Hall–Kier alpha value is -1.42. The molecule has 1 fully saturated rings. The van der Waals surface area contributed by atoms with Gasteiger partial charge < -0.3 is 5.11 Å². The number of hydrogen-bond acceptors (Lipinski definition) is 2. The van der Waals surface area contributed by atoms with E-state index in [9.17, 15) is 9.18 Å². The summed E-state index contributed by atoms with van der Waals surface area (Å²) >= 11 is 0. The normalized spacial score (nSPS) is 19.3. The van der Waals surface area contributed by atoms with E-state index in [2.05, 4.69) is 11.8 Å². The lowest BCUT2D eigenvalue weighted by molar-refractivity contribution is -0.138. The van der Waals surface area contributed by atoms with Gasteiger partial charge in [0.15, 0.2) is 0 Å². The Kier molecular flexibility index (Phi) is 4.53.